The van der Waals surface area contributed by atoms with Crippen LogP contribution in [0.3, 0.4) is 0 Å². The number of nitrogens with one attached hydrogen (secondary N) is 1. The van der Waals surface area contributed by atoms with Gasteiger partial charge in [-0.3, -0.25) is 4.79 Å². The summed E-state index contributed by atoms with van der Waals surface area (Å²) in [5.41, 5.74) is 1.94. The number of benzene rings is 1. The number of piperidine rings is 1. The molecule has 0 spiro atoms. The maximum atomic E-state index is 12.2. The monoisotopic (exact) mass is 328 g/mol. The predicted octanol–water partition coefficient (Wildman–Crippen LogP) is 3.98. The molecule has 1 N–H and O–H groups in total. The fraction of sp³-hybridized carbons (Fsp3) is 0.550. The van der Waals surface area contributed by atoms with Crippen LogP contribution in [0.2, 0.25) is 0 Å². The first-order chi connectivity index (χ1) is 11.6. The van der Waals surface area contributed by atoms with Gasteiger partial charge in [0.2, 0.25) is 0 Å². The second-order valence-corrected chi connectivity index (χ2v) is 7.16. The highest BCUT2D eigenvalue weighted by atomic mass is 16.3. The lowest BCUT2D eigenvalue weighted by molar-refractivity contribution is 0.0926. The van der Waals surface area contributed by atoms with Gasteiger partial charge in [-0.25, -0.2) is 0 Å². The molecule has 1 saturated heterocycles. The Morgan fingerprint density at radius 1 is 1.33 bits per heavy atom. The van der Waals surface area contributed by atoms with Crippen molar-refractivity contribution in [2.45, 2.75) is 39.5 Å². The molecule has 2 heterocycles. The van der Waals surface area contributed by atoms with Crippen molar-refractivity contribution in [2.24, 2.45) is 5.92 Å². The number of furan rings is 1. The summed E-state index contributed by atoms with van der Waals surface area (Å²) in [6.07, 6.45) is 4.83. The Labute approximate surface area is 144 Å². The molecular formula is C20H28N2O2. The number of carbonyl (C=O) groups is 1. The number of fused-ring (bicyclic) bond motifs is 1. The standard InChI is InChI=1S/C20H28N2O2/c1-15-7-8-18-17(12-15)13-19(24-18)20(23)21-9-3-4-10-22-11-5-6-16(2)14-22/h7-8,12-13,16H,3-6,9-11,14H2,1-2H3,(H,21,23)/t16-/m1/s1. The largest absolute Gasteiger partial charge is 0.451 e. The summed E-state index contributed by atoms with van der Waals surface area (Å²) in [7, 11) is 0. The number of likely N-dealkylation sites (tertiary alicyclic amines) is 1. The number of amides is 1. The SMILES string of the molecule is Cc1ccc2oc(C(=O)NCCCCN3CCC[C@@H](C)C3)cc2c1. The third-order valence-corrected chi connectivity index (χ3v) is 4.82. The number of carbonyl (C=O) groups excluding carboxylic acids is 1. The maximum Gasteiger partial charge on any atom is 0.287 e. The van der Waals surface area contributed by atoms with Crippen molar-refractivity contribution in [3.8, 4) is 0 Å². The van der Waals surface area contributed by atoms with Crippen molar-refractivity contribution in [1.82, 2.24) is 10.2 Å². The van der Waals surface area contributed by atoms with Gasteiger partial charge >= 0.3 is 0 Å². The van der Waals surface area contributed by atoms with E-state index in [1.165, 1.54) is 31.5 Å². The van der Waals surface area contributed by atoms with Gasteiger partial charge in [0.05, 0.1) is 0 Å². The molecule has 0 aliphatic carbocycles. The van der Waals surface area contributed by atoms with Gasteiger partial charge in [0.1, 0.15) is 5.58 Å². The van der Waals surface area contributed by atoms with Gasteiger partial charge in [-0.05, 0) is 69.8 Å². The van der Waals surface area contributed by atoms with Crippen LogP contribution in [0.1, 0.15) is 48.7 Å². The predicted molar refractivity (Wildman–Crippen MR) is 97.4 cm³/mol. The van der Waals surface area contributed by atoms with Gasteiger partial charge in [-0.15, -0.1) is 0 Å². The fourth-order valence-electron chi connectivity index (χ4n) is 3.51. The zero-order valence-corrected chi connectivity index (χ0v) is 14.8. The molecule has 0 unspecified atom stereocenters. The van der Waals surface area contributed by atoms with E-state index < -0.39 is 0 Å². The van der Waals surface area contributed by atoms with Crippen LogP contribution in [0.5, 0.6) is 0 Å². The first kappa shape index (κ1) is 17.0. The summed E-state index contributed by atoms with van der Waals surface area (Å²) in [6.45, 7) is 8.68. The van der Waals surface area contributed by atoms with Crippen molar-refractivity contribution < 1.29 is 9.21 Å². The molecular weight excluding hydrogens is 300 g/mol. The van der Waals surface area contributed by atoms with Crippen LogP contribution < -0.4 is 5.32 Å². The highest BCUT2D eigenvalue weighted by Crippen LogP contribution is 2.20. The molecule has 1 aliphatic heterocycles. The van der Waals surface area contributed by atoms with Crippen molar-refractivity contribution in [1.29, 1.82) is 0 Å². The molecule has 2 aromatic rings. The normalized spacial score (nSPS) is 18.8. The molecule has 3 rings (SSSR count). The van der Waals surface area contributed by atoms with Gasteiger partial charge in [-0.2, -0.15) is 0 Å². The van der Waals surface area contributed by atoms with Crippen LogP contribution in [0.4, 0.5) is 0 Å². The molecule has 1 aromatic heterocycles. The Balaban J connectivity index is 1.40. The van der Waals surface area contributed by atoms with E-state index in [0.29, 0.717) is 12.3 Å². The number of nitrogens with zero attached hydrogens (tertiary/aromatic N) is 1. The van der Waals surface area contributed by atoms with Crippen LogP contribution in [0, 0.1) is 12.8 Å². The summed E-state index contributed by atoms with van der Waals surface area (Å²) in [4.78, 5) is 14.7. The first-order valence-corrected chi connectivity index (χ1v) is 9.12. The van der Waals surface area contributed by atoms with Gasteiger partial charge in [0.15, 0.2) is 5.76 Å². The minimum Gasteiger partial charge on any atom is -0.451 e. The quantitative estimate of drug-likeness (QED) is 0.816. The lowest BCUT2D eigenvalue weighted by atomic mass is 10.0. The molecule has 130 valence electrons. The van der Waals surface area contributed by atoms with E-state index >= 15 is 0 Å². The summed E-state index contributed by atoms with van der Waals surface area (Å²) < 4.78 is 5.63. The average Bonchev–Trinajstić information content (AvgIpc) is 2.97. The topological polar surface area (TPSA) is 45.5 Å². The van der Waals surface area contributed by atoms with Crippen molar-refractivity contribution in [3.05, 3.63) is 35.6 Å². The number of unbranched alkanes of at least 4 members (excludes halogenated alkanes) is 1. The summed E-state index contributed by atoms with van der Waals surface area (Å²) in [5, 5.41) is 3.96. The van der Waals surface area contributed by atoms with Gasteiger partial charge in [0.25, 0.3) is 5.91 Å². The third kappa shape index (κ3) is 4.38. The molecule has 0 bridgehead atoms. The zero-order valence-electron chi connectivity index (χ0n) is 14.8. The van der Waals surface area contributed by atoms with Crippen LogP contribution in [0.25, 0.3) is 11.0 Å². The van der Waals surface area contributed by atoms with Crippen LogP contribution in [0.15, 0.2) is 28.7 Å². The highest BCUT2D eigenvalue weighted by Gasteiger charge is 2.15. The summed E-state index contributed by atoms with van der Waals surface area (Å²) >= 11 is 0. The minimum atomic E-state index is -0.115. The minimum absolute atomic E-state index is 0.115. The summed E-state index contributed by atoms with van der Waals surface area (Å²) in [6, 6.07) is 7.78. The molecule has 1 fully saturated rings. The van der Waals surface area contributed by atoms with Gasteiger partial charge in [-0.1, -0.05) is 18.6 Å². The number of hydrogen-bond donors (Lipinski definition) is 1. The van der Waals surface area contributed by atoms with E-state index in [2.05, 4.69) is 17.1 Å². The maximum absolute atomic E-state index is 12.2. The van der Waals surface area contributed by atoms with Crippen LogP contribution >= 0.6 is 0 Å². The van der Waals surface area contributed by atoms with Crippen LogP contribution in [-0.4, -0.2) is 37.0 Å². The van der Waals surface area contributed by atoms with E-state index in [0.717, 1.165) is 36.3 Å². The molecule has 0 radical (unpaired) electrons. The molecule has 4 heteroatoms. The number of rotatable bonds is 6. The Morgan fingerprint density at radius 2 is 2.21 bits per heavy atom. The number of hydrogen-bond acceptors (Lipinski definition) is 3. The van der Waals surface area contributed by atoms with E-state index in [1.807, 2.05) is 31.2 Å². The smallest absolute Gasteiger partial charge is 0.287 e. The van der Waals surface area contributed by atoms with Crippen molar-refractivity contribution in [3.63, 3.8) is 0 Å². The second kappa shape index (κ2) is 7.84. The van der Waals surface area contributed by atoms with E-state index in [9.17, 15) is 4.79 Å². The summed E-state index contributed by atoms with van der Waals surface area (Å²) in [5.74, 6) is 1.12. The Hall–Kier alpha value is -1.81. The molecule has 1 aliphatic rings. The Bertz CT molecular complexity index is 692. The van der Waals surface area contributed by atoms with Gasteiger partial charge < -0.3 is 14.6 Å². The second-order valence-electron chi connectivity index (χ2n) is 7.16. The highest BCUT2D eigenvalue weighted by molar-refractivity contribution is 5.96. The third-order valence-electron chi connectivity index (χ3n) is 4.82. The van der Waals surface area contributed by atoms with Crippen molar-refractivity contribution in [2.75, 3.05) is 26.2 Å². The molecule has 0 saturated carbocycles. The molecule has 4 nitrogen and oxygen atoms in total. The first-order valence-electron chi connectivity index (χ1n) is 9.12. The molecule has 1 aromatic carbocycles. The molecule has 1 atom stereocenters. The van der Waals surface area contributed by atoms with E-state index in [1.54, 1.807) is 0 Å². The van der Waals surface area contributed by atoms with Crippen molar-refractivity contribution >= 4 is 16.9 Å². The van der Waals surface area contributed by atoms with E-state index in [-0.39, 0.29) is 5.91 Å². The number of aryl methyl sites for hydroxylation is 1. The lowest BCUT2D eigenvalue weighted by Crippen LogP contribution is -2.35. The van der Waals surface area contributed by atoms with Crippen LogP contribution in [-0.2, 0) is 0 Å². The Morgan fingerprint density at radius 3 is 3.04 bits per heavy atom. The zero-order chi connectivity index (χ0) is 16.9. The molecule has 1 amide bonds. The Kier molecular flexibility index (Phi) is 5.56. The van der Waals surface area contributed by atoms with E-state index in [4.69, 9.17) is 4.42 Å². The molecule has 24 heavy (non-hydrogen) atoms. The fourth-order valence-corrected chi connectivity index (χ4v) is 3.51. The average molecular weight is 328 g/mol. The van der Waals surface area contributed by atoms with Gasteiger partial charge in [0, 0.05) is 18.5 Å². The lowest BCUT2D eigenvalue weighted by Gasteiger charge is -2.30.